The van der Waals surface area contributed by atoms with Gasteiger partial charge in [-0.2, -0.15) is 0 Å². The average Bonchev–Trinajstić information content (AvgIpc) is 2.11. The molecule has 2 aliphatic carbocycles. The molecule has 0 heterocycles. The van der Waals surface area contributed by atoms with E-state index in [9.17, 15) is 30.6 Å². The molecule has 0 spiro atoms. The molecular weight excluding hydrogens is 1040 g/mol. The maximum atomic E-state index is 12.1. The fraction of sp³-hybridized carbons (Fsp3) is 0.0556. The number of aliphatic hydroxyl groups is 3. The summed E-state index contributed by atoms with van der Waals surface area (Å²) in [5, 5.41) is 111. The Morgan fingerprint density at radius 3 is 0.964 bits per heavy atom. The van der Waals surface area contributed by atoms with Gasteiger partial charge in [0.25, 0.3) is 0 Å². The monoisotopic (exact) mass is 1100 g/mol. The van der Waals surface area contributed by atoms with E-state index in [1.54, 1.807) is 72.8 Å². The molecule has 14 rings (SSSR count). The maximum absolute atomic E-state index is 12.1. The van der Waals surface area contributed by atoms with Crippen molar-refractivity contribution in [3.63, 3.8) is 0 Å². The van der Waals surface area contributed by atoms with Crippen LogP contribution in [0.15, 0.2) is 249 Å². The number of aliphatic hydroxyl groups excluding tert-OH is 1. The number of aromatic hydroxyl groups is 8. The third kappa shape index (κ3) is 10.2. The summed E-state index contributed by atoms with van der Waals surface area (Å²) >= 11 is 0. The van der Waals surface area contributed by atoms with Gasteiger partial charge < -0.3 is 56.2 Å². The van der Waals surface area contributed by atoms with E-state index in [1.807, 2.05) is 97.1 Å². The van der Waals surface area contributed by atoms with Crippen molar-refractivity contribution in [2.45, 2.75) is 24.2 Å². The van der Waals surface area contributed by atoms with Crippen LogP contribution in [0.1, 0.15) is 50.1 Å². The third-order valence-electron chi connectivity index (χ3n) is 15.4. The van der Waals surface area contributed by atoms with E-state index in [0.29, 0.717) is 16.7 Å². The second-order valence-corrected chi connectivity index (χ2v) is 20.3. The van der Waals surface area contributed by atoms with E-state index in [-0.39, 0.29) is 59.0 Å². The summed E-state index contributed by atoms with van der Waals surface area (Å²) in [6.45, 7) is -0.131. The molecule has 0 amide bonds. The number of para-hydroxylation sites is 2. The Kier molecular flexibility index (Phi) is 14.8. The van der Waals surface area contributed by atoms with Gasteiger partial charge in [-0.15, -0.1) is 0 Å². The van der Waals surface area contributed by atoms with Crippen molar-refractivity contribution in [3.05, 3.63) is 299 Å². The van der Waals surface area contributed by atoms with Crippen LogP contribution < -0.4 is 0 Å². The number of phenols is 8. The summed E-state index contributed by atoms with van der Waals surface area (Å²) in [5.41, 5.74) is 11.2. The number of phenolic OH excluding ortho intramolecular Hbond substituents is 8. The van der Waals surface area contributed by atoms with E-state index < -0.39 is 11.2 Å². The predicted molar refractivity (Wildman–Crippen MR) is 323 cm³/mol. The van der Waals surface area contributed by atoms with Crippen LogP contribution in [0.2, 0.25) is 0 Å². The minimum absolute atomic E-state index is 0.0764. The molecule has 0 aliphatic heterocycles. The third-order valence-corrected chi connectivity index (χ3v) is 15.4. The van der Waals surface area contributed by atoms with E-state index in [0.717, 1.165) is 88.3 Å². The van der Waals surface area contributed by atoms with Crippen molar-refractivity contribution in [2.24, 2.45) is 0 Å². The van der Waals surface area contributed by atoms with Crippen molar-refractivity contribution < 1.29 is 56.2 Å². The molecule has 0 fully saturated rings. The number of benzene rings is 12. The van der Waals surface area contributed by atoms with Crippen molar-refractivity contribution in [1.29, 1.82) is 0 Å². The largest absolute Gasteiger partial charge is 0.508 e. The highest BCUT2D eigenvalue weighted by Crippen LogP contribution is 2.53. The van der Waals surface area contributed by atoms with Gasteiger partial charge in [0.2, 0.25) is 0 Å². The van der Waals surface area contributed by atoms with Crippen LogP contribution in [0.3, 0.4) is 0 Å². The van der Waals surface area contributed by atoms with Crippen molar-refractivity contribution in [2.75, 3.05) is 0 Å². The van der Waals surface area contributed by atoms with Gasteiger partial charge in [0.15, 0.2) is 23.0 Å². The van der Waals surface area contributed by atoms with Gasteiger partial charge in [0.05, 0.1) is 6.61 Å². The molecule has 0 unspecified atom stereocenters. The number of hydrogen-bond acceptors (Lipinski definition) is 11. The minimum Gasteiger partial charge on any atom is -0.508 e. The fourth-order valence-electron chi connectivity index (χ4n) is 11.3. The molecule has 11 N–H and O–H groups in total. The van der Waals surface area contributed by atoms with Crippen LogP contribution in [0.25, 0.3) is 54.9 Å². The van der Waals surface area contributed by atoms with Gasteiger partial charge >= 0.3 is 0 Å². The van der Waals surface area contributed by atoms with Gasteiger partial charge in [-0.3, -0.25) is 0 Å². The first-order valence-electron chi connectivity index (χ1n) is 26.7. The Labute approximate surface area is 478 Å². The van der Waals surface area contributed by atoms with E-state index in [1.165, 1.54) is 30.3 Å². The molecule has 0 saturated carbocycles. The van der Waals surface area contributed by atoms with E-state index >= 15 is 0 Å². The summed E-state index contributed by atoms with van der Waals surface area (Å²) in [6.07, 6.45) is 0.263. The number of hydrogen-bond donors (Lipinski definition) is 11. The lowest BCUT2D eigenvalue weighted by molar-refractivity contribution is 0.130. The summed E-state index contributed by atoms with van der Waals surface area (Å²) < 4.78 is 0. The first kappa shape index (κ1) is 54.4. The Morgan fingerprint density at radius 1 is 0.289 bits per heavy atom. The molecule has 0 bridgehead atoms. The van der Waals surface area contributed by atoms with Crippen LogP contribution >= 0.6 is 0 Å². The number of fused-ring (bicyclic) bond motifs is 8. The molecule has 11 heteroatoms. The lowest BCUT2D eigenvalue weighted by atomic mass is 9.83. The Balaban J connectivity index is 0.000000141. The molecule has 2 aliphatic rings. The summed E-state index contributed by atoms with van der Waals surface area (Å²) in [5.74, 6) is -0.119. The molecule has 410 valence electrons. The van der Waals surface area contributed by atoms with Crippen LogP contribution in [0.4, 0.5) is 0 Å². The Morgan fingerprint density at radius 2 is 0.614 bits per heavy atom. The van der Waals surface area contributed by atoms with Gasteiger partial charge in [-0.1, -0.05) is 188 Å². The zero-order valence-corrected chi connectivity index (χ0v) is 44.5. The molecule has 83 heavy (non-hydrogen) atoms. The molecule has 12 aromatic rings. The molecule has 0 radical (unpaired) electrons. The lowest BCUT2D eigenvalue weighted by Crippen LogP contribution is -2.26. The molecule has 12 aromatic carbocycles. The SMILES string of the molecule is OC1(c2ccc(-c3ccc(C4(O)c5ccccc5-c5ccccc54)cc3)cc2)c2ccccc2-c2ccccc21.OCc1ccc(O)c(O)c1.Oc1ccc2ccc(O)c(Cc3c(O)ccc4ccc(O)cc34)c2c1.Oc1ccccc1O. The van der Waals surface area contributed by atoms with Gasteiger partial charge in [0.1, 0.15) is 34.2 Å². The molecular formula is C72H56O11. The summed E-state index contributed by atoms with van der Waals surface area (Å²) in [6, 6.07) is 75.9. The highest BCUT2D eigenvalue weighted by Gasteiger charge is 2.44. The lowest BCUT2D eigenvalue weighted by Gasteiger charge is -2.27. The molecule has 0 saturated heterocycles. The highest BCUT2D eigenvalue weighted by atomic mass is 16.3. The van der Waals surface area contributed by atoms with Crippen LogP contribution in [-0.4, -0.2) is 56.2 Å². The van der Waals surface area contributed by atoms with E-state index in [2.05, 4.69) is 48.5 Å². The van der Waals surface area contributed by atoms with Crippen LogP contribution in [-0.2, 0) is 24.2 Å². The maximum Gasteiger partial charge on any atom is 0.157 e. The molecule has 0 atom stereocenters. The first-order chi connectivity index (χ1) is 40.2. The Bertz CT molecular complexity index is 4010. The van der Waals surface area contributed by atoms with Crippen molar-refractivity contribution in [1.82, 2.24) is 0 Å². The van der Waals surface area contributed by atoms with Gasteiger partial charge in [0, 0.05) is 39.8 Å². The topological polar surface area (TPSA) is 223 Å². The minimum atomic E-state index is -1.19. The van der Waals surface area contributed by atoms with Crippen molar-refractivity contribution >= 4 is 21.5 Å². The van der Waals surface area contributed by atoms with E-state index in [4.69, 9.17) is 25.5 Å². The van der Waals surface area contributed by atoms with Crippen LogP contribution in [0, 0.1) is 0 Å². The van der Waals surface area contributed by atoms with Gasteiger partial charge in [-0.25, -0.2) is 0 Å². The Hall–Kier alpha value is -10.6. The highest BCUT2D eigenvalue weighted by molar-refractivity contribution is 5.93. The second kappa shape index (κ2) is 22.5. The number of rotatable bonds is 6. The quantitative estimate of drug-likeness (QED) is 0.0703. The van der Waals surface area contributed by atoms with Crippen molar-refractivity contribution in [3.8, 4) is 79.4 Å². The zero-order valence-electron chi connectivity index (χ0n) is 44.5. The first-order valence-corrected chi connectivity index (χ1v) is 26.7. The normalized spacial score (nSPS) is 12.7. The molecule has 11 nitrogen and oxygen atoms in total. The summed E-state index contributed by atoms with van der Waals surface area (Å²) in [7, 11) is 0. The molecule has 0 aromatic heterocycles. The smallest absolute Gasteiger partial charge is 0.157 e. The fourth-order valence-corrected chi connectivity index (χ4v) is 11.3. The average molecular weight is 1100 g/mol. The second-order valence-electron chi connectivity index (χ2n) is 20.3. The zero-order chi connectivity index (χ0) is 58.0. The standard InChI is InChI=1S/C38H26O2.C21H16O4.C7H8O3.C6H6O2/c39-37(33-13-5-1-9-29(33)30-10-2-6-14-34(30)37)27-21-17-25(18-22-27)26-19-23-28(24-20-26)38(40)35-15-7-3-11-31(35)32-12-4-8-16-36(32)38;22-14-5-1-12-3-7-20(24)18(16(12)9-14)11-19-17-10-15(23)6-2-13(17)4-8-21(19)25;8-4-5-1-2-6(9)7(10)3-5;7-5-3-1-2-4-6(5)8/h1-24,39-40H;1-10,22-25H,11H2;1-3,8-10H,4H2;1-4,7-8H. The van der Waals surface area contributed by atoms with Gasteiger partial charge in [-0.05, 0) is 132 Å². The predicted octanol–water partition coefficient (Wildman–Crippen LogP) is 14.0. The van der Waals surface area contributed by atoms with Crippen LogP contribution in [0.5, 0.6) is 46.0 Å². The summed E-state index contributed by atoms with van der Waals surface area (Å²) in [4.78, 5) is 0.